The number of aromatic nitrogens is 3. The summed E-state index contributed by atoms with van der Waals surface area (Å²) in [5, 5.41) is 2.95. The zero-order chi connectivity index (χ0) is 17.1. The van der Waals surface area contributed by atoms with Crippen LogP contribution < -0.4 is 16.6 Å². The molecule has 0 aliphatic carbocycles. The van der Waals surface area contributed by atoms with Gasteiger partial charge in [0.05, 0.1) is 10.9 Å². The predicted molar refractivity (Wildman–Crippen MR) is 91.3 cm³/mol. The number of nitrogens with zero attached hydrogens (tertiary/aromatic N) is 2. The third kappa shape index (κ3) is 2.96. The van der Waals surface area contributed by atoms with E-state index in [1.54, 1.807) is 12.1 Å². The van der Waals surface area contributed by atoms with Gasteiger partial charge in [0.15, 0.2) is 0 Å². The summed E-state index contributed by atoms with van der Waals surface area (Å²) in [6.07, 6.45) is 2.09. The van der Waals surface area contributed by atoms with E-state index in [4.69, 9.17) is 0 Å². The highest BCUT2D eigenvalue weighted by atomic mass is 16.2. The third-order valence-corrected chi connectivity index (χ3v) is 3.57. The van der Waals surface area contributed by atoms with E-state index in [2.05, 4.69) is 15.3 Å². The van der Waals surface area contributed by atoms with Crippen molar-refractivity contribution < 1.29 is 4.79 Å². The maximum atomic E-state index is 12.3. The number of pyridine rings is 1. The smallest absolute Gasteiger partial charge is 0.322 e. The fourth-order valence-corrected chi connectivity index (χ4v) is 2.45. The summed E-state index contributed by atoms with van der Waals surface area (Å²) in [4.78, 5) is 42.7. The second kappa shape index (κ2) is 6.49. The number of hydrogen-bond acceptors (Lipinski definition) is 4. The minimum Gasteiger partial charge on any atom is -0.322 e. The van der Waals surface area contributed by atoms with Crippen LogP contribution in [0, 0.1) is 0 Å². The van der Waals surface area contributed by atoms with Gasteiger partial charge in [-0.1, -0.05) is 25.1 Å². The minimum absolute atomic E-state index is 0.212. The van der Waals surface area contributed by atoms with Crippen LogP contribution in [0.25, 0.3) is 11.0 Å². The van der Waals surface area contributed by atoms with E-state index in [9.17, 15) is 14.4 Å². The Labute approximate surface area is 137 Å². The first kappa shape index (κ1) is 15.7. The summed E-state index contributed by atoms with van der Waals surface area (Å²) < 4.78 is 1.40. The Kier molecular flexibility index (Phi) is 4.24. The van der Waals surface area contributed by atoms with E-state index in [-0.39, 0.29) is 22.5 Å². The van der Waals surface area contributed by atoms with Gasteiger partial charge >= 0.3 is 5.69 Å². The van der Waals surface area contributed by atoms with Crippen molar-refractivity contribution in [2.75, 3.05) is 5.32 Å². The van der Waals surface area contributed by atoms with Crippen LogP contribution in [0.4, 0.5) is 5.69 Å². The molecule has 1 amide bonds. The molecule has 0 bridgehead atoms. The lowest BCUT2D eigenvalue weighted by atomic mass is 10.2. The molecule has 0 unspecified atom stereocenters. The molecule has 0 saturated carbocycles. The molecule has 0 atom stereocenters. The van der Waals surface area contributed by atoms with Crippen LogP contribution in [0.3, 0.4) is 0 Å². The van der Waals surface area contributed by atoms with Gasteiger partial charge in [0.1, 0.15) is 5.65 Å². The van der Waals surface area contributed by atoms with Crippen LogP contribution in [-0.2, 0) is 6.54 Å². The zero-order valence-corrected chi connectivity index (χ0v) is 13.1. The van der Waals surface area contributed by atoms with Crippen molar-refractivity contribution in [2.24, 2.45) is 0 Å². The summed E-state index contributed by atoms with van der Waals surface area (Å²) in [6, 6.07) is 10.4. The Balaban J connectivity index is 2.04. The van der Waals surface area contributed by atoms with Gasteiger partial charge in [0.25, 0.3) is 11.5 Å². The second-order valence-electron chi connectivity index (χ2n) is 5.33. The number of aryl methyl sites for hydroxylation is 1. The number of para-hydroxylation sites is 1. The number of rotatable bonds is 4. The summed E-state index contributed by atoms with van der Waals surface area (Å²) in [5.41, 5.74) is 0.125. The lowest BCUT2D eigenvalue weighted by molar-refractivity contribution is 0.102. The number of amides is 1. The molecular formula is C17H16N4O3. The average molecular weight is 324 g/mol. The van der Waals surface area contributed by atoms with Gasteiger partial charge in [0, 0.05) is 18.4 Å². The molecule has 3 rings (SSSR count). The number of carbonyl (C=O) groups excluding carboxylic acids is 1. The number of H-pyrrole nitrogens is 1. The summed E-state index contributed by atoms with van der Waals surface area (Å²) in [5.74, 6) is -0.372. The zero-order valence-electron chi connectivity index (χ0n) is 13.1. The van der Waals surface area contributed by atoms with Gasteiger partial charge in [-0.2, -0.15) is 0 Å². The Morgan fingerprint density at radius 3 is 2.71 bits per heavy atom. The molecule has 7 heteroatoms. The summed E-state index contributed by atoms with van der Waals surface area (Å²) >= 11 is 0. The van der Waals surface area contributed by atoms with Gasteiger partial charge in [-0.15, -0.1) is 0 Å². The van der Waals surface area contributed by atoms with Crippen LogP contribution >= 0.6 is 0 Å². The van der Waals surface area contributed by atoms with Crippen molar-refractivity contribution in [3.63, 3.8) is 0 Å². The molecule has 2 aromatic heterocycles. The fraction of sp³-hybridized carbons (Fsp3) is 0.176. The molecule has 0 spiro atoms. The quantitative estimate of drug-likeness (QED) is 0.764. The molecule has 2 heterocycles. The first-order chi connectivity index (χ1) is 11.6. The first-order valence-electron chi connectivity index (χ1n) is 7.59. The van der Waals surface area contributed by atoms with Crippen molar-refractivity contribution in [3.05, 3.63) is 69.0 Å². The molecule has 3 aromatic rings. The highest BCUT2D eigenvalue weighted by Crippen LogP contribution is 2.11. The molecule has 24 heavy (non-hydrogen) atoms. The van der Waals surface area contributed by atoms with Crippen LogP contribution in [-0.4, -0.2) is 20.4 Å². The monoisotopic (exact) mass is 324 g/mol. The summed E-state index contributed by atoms with van der Waals surface area (Å²) in [7, 11) is 0. The molecule has 0 fully saturated rings. The molecule has 0 aliphatic rings. The number of benzene rings is 1. The van der Waals surface area contributed by atoms with E-state index in [0.29, 0.717) is 12.2 Å². The Bertz CT molecular complexity index is 1010. The molecular weight excluding hydrogens is 308 g/mol. The maximum absolute atomic E-state index is 12.3. The molecule has 0 radical (unpaired) electrons. The van der Waals surface area contributed by atoms with Crippen LogP contribution in [0.15, 0.2) is 52.2 Å². The average Bonchev–Trinajstić information content (AvgIpc) is 2.59. The Morgan fingerprint density at radius 1 is 1.25 bits per heavy atom. The summed E-state index contributed by atoms with van der Waals surface area (Å²) in [6.45, 7) is 2.36. The van der Waals surface area contributed by atoms with Gasteiger partial charge in [0.2, 0.25) is 0 Å². The van der Waals surface area contributed by atoms with Crippen LogP contribution in [0.1, 0.15) is 23.7 Å². The SMILES string of the molecule is CCCn1c(=O)[nH]c(=O)c2cc(C(=O)Nc3ccccc3)cnc21. The van der Waals surface area contributed by atoms with Gasteiger partial charge in [-0.05, 0) is 24.6 Å². The number of anilines is 1. The topological polar surface area (TPSA) is 96.9 Å². The highest BCUT2D eigenvalue weighted by molar-refractivity contribution is 6.05. The normalized spacial score (nSPS) is 10.7. The minimum atomic E-state index is -0.552. The van der Waals surface area contributed by atoms with Gasteiger partial charge in [-0.3, -0.25) is 19.1 Å². The Hall–Kier alpha value is -3.22. The molecule has 122 valence electrons. The van der Waals surface area contributed by atoms with Crippen molar-refractivity contribution in [1.29, 1.82) is 0 Å². The molecule has 1 aromatic carbocycles. The second-order valence-corrected chi connectivity index (χ2v) is 5.33. The maximum Gasteiger partial charge on any atom is 0.329 e. The first-order valence-corrected chi connectivity index (χ1v) is 7.59. The van der Waals surface area contributed by atoms with Gasteiger partial charge < -0.3 is 5.32 Å². The standard InChI is InChI=1S/C17H16N4O3/c1-2-8-21-14-13(16(23)20-17(21)24)9-11(10-18-14)15(22)19-12-6-4-3-5-7-12/h3-7,9-10H,2,8H2,1H3,(H,19,22)(H,20,23,24). The Morgan fingerprint density at radius 2 is 2.00 bits per heavy atom. The van der Waals surface area contributed by atoms with Crippen molar-refractivity contribution >= 4 is 22.6 Å². The molecule has 2 N–H and O–H groups in total. The van der Waals surface area contributed by atoms with Crippen LogP contribution in [0.2, 0.25) is 0 Å². The van der Waals surface area contributed by atoms with E-state index >= 15 is 0 Å². The van der Waals surface area contributed by atoms with Crippen molar-refractivity contribution in [2.45, 2.75) is 19.9 Å². The number of nitrogens with one attached hydrogen (secondary N) is 2. The number of aromatic amines is 1. The lowest BCUT2D eigenvalue weighted by Gasteiger charge is -2.09. The van der Waals surface area contributed by atoms with E-state index in [0.717, 1.165) is 6.42 Å². The van der Waals surface area contributed by atoms with E-state index in [1.165, 1.54) is 16.8 Å². The van der Waals surface area contributed by atoms with Crippen LogP contribution in [0.5, 0.6) is 0 Å². The molecule has 0 saturated heterocycles. The molecule has 0 aliphatic heterocycles. The largest absolute Gasteiger partial charge is 0.329 e. The molecule has 7 nitrogen and oxygen atoms in total. The van der Waals surface area contributed by atoms with E-state index in [1.807, 2.05) is 25.1 Å². The van der Waals surface area contributed by atoms with Gasteiger partial charge in [-0.25, -0.2) is 9.78 Å². The number of hydrogen-bond donors (Lipinski definition) is 2. The van der Waals surface area contributed by atoms with E-state index < -0.39 is 11.2 Å². The van der Waals surface area contributed by atoms with Crippen molar-refractivity contribution in [1.82, 2.24) is 14.5 Å². The lowest BCUT2D eigenvalue weighted by Crippen LogP contribution is -2.31. The predicted octanol–water partition coefficient (Wildman–Crippen LogP) is 1.75. The fourth-order valence-electron chi connectivity index (χ4n) is 2.45. The number of fused-ring (bicyclic) bond motifs is 1. The van der Waals surface area contributed by atoms with Crippen molar-refractivity contribution in [3.8, 4) is 0 Å². The highest BCUT2D eigenvalue weighted by Gasteiger charge is 2.13. The number of carbonyl (C=O) groups is 1. The third-order valence-electron chi connectivity index (χ3n) is 3.57.